The fourth-order valence-electron chi connectivity index (χ4n) is 1.58. The van der Waals surface area contributed by atoms with Gasteiger partial charge in [-0.15, -0.1) is 0 Å². The quantitative estimate of drug-likeness (QED) is 0.245. The van der Waals surface area contributed by atoms with Crippen LogP contribution in [0, 0.1) is 6.92 Å². The van der Waals surface area contributed by atoms with Gasteiger partial charge >= 0.3 is 26.2 Å². The number of hydrogen-bond acceptors (Lipinski definition) is 9. The molecule has 0 atom stereocenters. The molecule has 0 aliphatic heterocycles. The minimum atomic E-state index is -1.28. The van der Waals surface area contributed by atoms with Crippen LogP contribution in [0.4, 0.5) is 0 Å². The van der Waals surface area contributed by atoms with Crippen LogP contribution in [-0.4, -0.2) is 35.3 Å². The Balaban J connectivity index is -0.0000000982. The second-order valence-corrected chi connectivity index (χ2v) is 5.51. The van der Waals surface area contributed by atoms with Gasteiger partial charge in [0.05, 0.1) is 0 Å². The molecule has 30 heavy (non-hydrogen) atoms. The summed E-state index contributed by atoms with van der Waals surface area (Å²) < 4.78 is 0. The van der Waals surface area contributed by atoms with Crippen molar-refractivity contribution < 1.29 is 70.3 Å². The number of Topliss-reactive ketones (excluding diaryl/α,β-unsaturated/α-hetero) is 3. The monoisotopic (exact) mass is 506 g/mol. The fraction of sp³-hybridized carbons (Fsp3) is 0.650. The maximum Gasteiger partial charge on any atom is 4.00 e. The van der Waals surface area contributed by atoms with E-state index in [4.69, 9.17) is 0 Å². The van der Waals surface area contributed by atoms with Crippen LogP contribution in [-0.2, 0) is 55.0 Å². The van der Waals surface area contributed by atoms with Crippen LogP contribution in [0.1, 0.15) is 85.5 Å². The van der Waals surface area contributed by atoms with Crippen LogP contribution >= 0.6 is 0 Å². The first-order chi connectivity index (χ1) is 13.5. The number of carbonyl (C=O) groups excluding carboxylic acids is 6. The van der Waals surface area contributed by atoms with E-state index in [-0.39, 0.29) is 43.6 Å². The first-order valence-corrected chi connectivity index (χ1v) is 9.35. The summed E-state index contributed by atoms with van der Waals surface area (Å²) in [5, 5.41) is 29.3. The van der Waals surface area contributed by atoms with Gasteiger partial charge in [-0.05, 0) is 19.3 Å². The Labute approximate surface area is 197 Å². The van der Waals surface area contributed by atoms with Crippen molar-refractivity contribution in [1.29, 1.82) is 0 Å². The molecule has 9 nitrogen and oxygen atoms in total. The van der Waals surface area contributed by atoms with E-state index >= 15 is 0 Å². The second-order valence-electron chi connectivity index (χ2n) is 5.51. The van der Waals surface area contributed by atoms with Crippen molar-refractivity contribution in [3.8, 4) is 0 Å². The predicted molar refractivity (Wildman–Crippen MR) is 99.6 cm³/mol. The van der Waals surface area contributed by atoms with Gasteiger partial charge in [-0.3, -0.25) is 14.4 Å². The first kappa shape index (κ1) is 38.9. The Morgan fingerprint density at radius 1 is 0.533 bits per heavy atom. The van der Waals surface area contributed by atoms with E-state index in [9.17, 15) is 44.1 Å². The van der Waals surface area contributed by atoms with E-state index in [2.05, 4.69) is 6.92 Å². The van der Waals surface area contributed by atoms with Gasteiger partial charge in [0.25, 0.3) is 0 Å². The van der Waals surface area contributed by atoms with E-state index in [0.717, 1.165) is 0 Å². The molecule has 0 aromatic rings. The zero-order valence-electron chi connectivity index (χ0n) is 18.2. The first-order valence-electron chi connectivity index (χ1n) is 9.35. The third-order valence-corrected chi connectivity index (χ3v) is 2.61. The zero-order chi connectivity index (χ0) is 23.8. The zero-order valence-corrected chi connectivity index (χ0v) is 20.7. The number of hydrogen-bond donors (Lipinski definition) is 0. The standard InChI is InChI=1S/3C6H10O3.C2H5.Zr/c3*1-2-3-5(7)4-6(8)9;1-2;/h3*2-4H2,1H3,(H,8,9);1H2,2H3;/q;;;-1;+4/p-3. The molecule has 0 aromatic heterocycles. The van der Waals surface area contributed by atoms with Crippen molar-refractivity contribution in [3.05, 3.63) is 6.92 Å². The fourth-order valence-corrected chi connectivity index (χ4v) is 1.58. The van der Waals surface area contributed by atoms with Gasteiger partial charge in [0.2, 0.25) is 0 Å². The molecule has 0 aliphatic carbocycles. The Morgan fingerprint density at radius 3 is 0.800 bits per heavy atom. The van der Waals surface area contributed by atoms with E-state index in [1.807, 2.05) is 20.8 Å². The molecule has 0 saturated carbocycles. The SMILES string of the molecule is CCCC(=O)CC(=O)[O-].CCCC(=O)CC(=O)[O-].CCCC(=O)CC(=O)[O-].[CH2-]C.[Zr+4]. The molecule has 0 heterocycles. The summed E-state index contributed by atoms with van der Waals surface area (Å²) in [6.45, 7) is 10.5. The number of carboxylic acid groups (broad SMARTS) is 3. The average Bonchev–Trinajstić information content (AvgIpc) is 2.56. The van der Waals surface area contributed by atoms with Crippen LogP contribution < -0.4 is 15.3 Å². The molecule has 0 fully saturated rings. The van der Waals surface area contributed by atoms with Crippen molar-refractivity contribution >= 4 is 35.3 Å². The summed E-state index contributed by atoms with van der Waals surface area (Å²) in [4.78, 5) is 60.6. The van der Waals surface area contributed by atoms with E-state index in [0.29, 0.717) is 38.5 Å². The summed E-state index contributed by atoms with van der Waals surface area (Å²) in [6.07, 6.45) is 1.82. The molecule has 0 N–H and O–H groups in total. The van der Waals surface area contributed by atoms with Crippen LogP contribution in [0.15, 0.2) is 0 Å². The Bertz CT molecular complexity index is 431. The molecule has 0 aliphatic rings. The average molecular weight is 508 g/mol. The van der Waals surface area contributed by atoms with Crippen molar-refractivity contribution in [2.45, 2.75) is 85.5 Å². The second kappa shape index (κ2) is 29.5. The van der Waals surface area contributed by atoms with Gasteiger partial charge in [0, 0.05) is 56.4 Å². The molecule has 0 bridgehead atoms. The third-order valence-electron chi connectivity index (χ3n) is 2.61. The molecule has 0 amide bonds. The smallest absolute Gasteiger partial charge is 0.550 e. The van der Waals surface area contributed by atoms with Gasteiger partial charge < -0.3 is 36.6 Å². The van der Waals surface area contributed by atoms with Crippen molar-refractivity contribution in [2.75, 3.05) is 0 Å². The van der Waals surface area contributed by atoms with Crippen LogP contribution in [0.25, 0.3) is 0 Å². The van der Waals surface area contributed by atoms with Gasteiger partial charge in [0.15, 0.2) is 0 Å². The van der Waals surface area contributed by atoms with E-state index in [1.54, 1.807) is 6.92 Å². The minimum absolute atomic E-state index is 0. The van der Waals surface area contributed by atoms with Gasteiger partial charge in [-0.1, -0.05) is 20.8 Å². The molecule has 0 aromatic carbocycles. The van der Waals surface area contributed by atoms with Crippen LogP contribution in [0.5, 0.6) is 0 Å². The largest absolute Gasteiger partial charge is 4.00 e. The van der Waals surface area contributed by atoms with E-state index in [1.165, 1.54) is 0 Å². The van der Waals surface area contributed by atoms with Crippen LogP contribution in [0.2, 0.25) is 0 Å². The molecular weight excluding hydrogens is 475 g/mol. The van der Waals surface area contributed by atoms with Crippen molar-refractivity contribution in [3.63, 3.8) is 0 Å². The van der Waals surface area contributed by atoms with Crippen molar-refractivity contribution in [1.82, 2.24) is 0 Å². The van der Waals surface area contributed by atoms with Crippen LogP contribution in [0.3, 0.4) is 0 Å². The number of aliphatic carboxylic acids is 3. The molecule has 10 heteroatoms. The maximum atomic E-state index is 10.4. The summed E-state index contributed by atoms with van der Waals surface area (Å²) in [5.41, 5.74) is 0. The number of rotatable bonds is 12. The van der Waals surface area contributed by atoms with Gasteiger partial charge in [-0.25, -0.2) is 0 Å². The third kappa shape index (κ3) is 45.2. The number of carboxylic acids is 3. The van der Waals surface area contributed by atoms with E-state index < -0.39 is 37.2 Å². The summed E-state index contributed by atoms with van der Waals surface area (Å²) >= 11 is 0. The molecule has 0 unspecified atom stereocenters. The summed E-state index contributed by atoms with van der Waals surface area (Å²) in [7, 11) is 0. The summed E-state index contributed by atoms with van der Waals surface area (Å²) in [6, 6.07) is 0. The molecule has 0 saturated heterocycles. The normalized spacial score (nSPS) is 8.30. The maximum absolute atomic E-state index is 10.4. The topological polar surface area (TPSA) is 172 Å². The Kier molecular flexibility index (Phi) is 38.2. The number of carbonyl (C=O) groups is 6. The van der Waals surface area contributed by atoms with Gasteiger partial charge in [0.1, 0.15) is 17.3 Å². The minimum Gasteiger partial charge on any atom is -0.550 e. The molecule has 0 radical (unpaired) electrons. The number of ketones is 3. The molecule has 0 rings (SSSR count). The predicted octanol–water partition coefficient (Wildman–Crippen LogP) is -0.675. The van der Waals surface area contributed by atoms with Gasteiger partial charge in [-0.2, -0.15) is 6.92 Å². The summed E-state index contributed by atoms with van der Waals surface area (Å²) in [5.74, 6) is -4.61. The Morgan fingerprint density at radius 2 is 0.700 bits per heavy atom. The van der Waals surface area contributed by atoms with Crippen molar-refractivity contribution in [2.24, 2.45) is 0 Å². The molecular formula is C20H32O9Zr. The molecule has 0 spiro atoms. The molecule has 170 valence electrons. The Hall–Kier alpha value is -1.70.